The molecule has 3 aromatic rings. The number of sulfone groups is 1. The standard InChI is InChI=1S/C20H23N3O4S2/c1-29(25,26)12-2-11-28-20-22-17-9-10-21-18(17)19(24)23(20)15-5-7-16(8-6-15)27-13-14-3-4-14/h5-10,14,21H,2-4,11-13H2,1H3. The Balaban J connectivity index is 1.60. The molecule has 0 bridgehead atoms. The van der Waals surface area contributed by atoms with E-state index in [-0.39, 0.29) is 11.3 Å². The highest BCUT2D eigenvalue weighted by Gasteiger charge is 2.22. The van der Waals surface area contributed by atoms with Gasteiger partial charge in [0.15, 0.2) is 5.16 Å². The second-order valence-electron chi connectivity index (χ2n) is 7.35. The number of hydrogen-bond acceptors (Lipinski definition) is 6. The summed E-state index contributed by atoms with van der Waals surface area (Å²) in [5.41, 5.74) is 1.56. The highest BCUT2D eigenvalue weighted by atomic mass is 32.2. The molecule has 0 unspecified atom stereocenters. The molecule has 1 aromatic carbocycles. The van der Waals surface area contributed by atoms with Crippen molar-refractivity contribution in [2.45, 2.75) is 24.4 Å². The summed E-state index contributed by atoms with van der Waals surface area (Å²) in [6.07, 6.45) is 5.88. The van der Waals surface area contributed by atoms with Gasteiger partial charge in [0.2, 0.25) is 0 Å². The van der Waals surface area contributed by atoms with Gasteiger partial charge in [-0.2, -0.15) is 0 Å². The summed E-state index contributed by atoms with van der Waals surface area (Å²) in [5, 5.41) is 0.544. The van der Waals surface area contributed by atoms with E-state index in [0.717, 1.165) is 12.4 Å². The molecule has 2 aromatic heterocycles. The summed E-state index contributed by atoms with van der Waals surface area (Å²) in [5.74, 6) is 2.12. The van der Waals surface area contributed by atoms with Crippen LogP contribution in [0.2, 0.25) is 0 Å². The molecule has 0 atom stereocenters. The number of ether oxygens (including phenoxy) is 1. The van der Waals surface area contributed by atoms with Crippen molar-refractivity contribution in [3.63, 3.8) is 0 Å². The number of thioether (sulfide) groups is 1. The molecular formula is C20H23N3O4S2. The Labute approximate surface area is 173 Å². The summed E-state index contributed by atoms with van der Waals surface area (Å²) in [6, 6.07) is 9.18. The van der Waals surface area contributed by atoms with Crippen molar-refractivity contribution >= 4 is 32.6 Å². The molecule has 1 N–H and O–H groups in total. The van der Waals surface area contributed by atoms with Crippen LogP contribution in [0.5, 0.6) is 5.75 Å². The Kier molecular flexibility index (Phi) is 5.69. The fourth-order valence-electron chi connectivity index (χ4n) is 2.98. The van der Waals surface area contributed by atoms with E-state index in [1.807, 2.05) is 24.3 Å². The molecule has 4 rings (SSSR count). The maximum Gasteiger partial charge on any atom is 0.283 e. The summed E-state index contributed by atoms with van der Waals surface area (Å²) >= 11 is 1.38. The summed E-state index contributed by atoms with van der Waals surface area (Å²) in [6.45, 7) is 0.733. The minimum atomic E-state index is -3.01. The Hall–Kier alpha value is -2.26. The molecule has 0 radical (unpaired) electrons. The lowest BCUT2D eigenvalue weighted by Crippen LogP contribution is -2.22. The van der Waals surface area contributed by atoms with Crippen LogP contribution in [0.3, 0.4) is 0 Å². The molecule has 0 amide bonds. The van der Waals surface area contributed by atoms with Gasteiger partial charge >= 0.3 is 0 Å². The van der Waals surface area contributed by atoms with Crippen molar-refractivity contribution in [2.75, 3.05) is 24.4 Å². The number of aromatic amines is 1. The largest absolute Gasteiger partial charge is 0.493 e. The quantitative estimate of drug-likeness (QED) is 0.317. The third-order valence-corrected chi connectivity index (χ3v) is 6.77. The average molecular weight is 434 g/mol. The Morgan fingerprint density at radius 1 is 1.24 bits per heavy atom. The van der Waals surface area contributed by atoms with Gasteiger partial charge in [-0.25, -0.2) is 13.4 Å². The summed E-state index contributed by atoms with van der Waals surface area (Å²) < 4.78 is 30.1. The van der Waals surface area contributed by atoms with Gasteiger partial charge in [-0.15, -0.1) is 0 Å². The minimum Gasteiger partial charge on any atom is -0.493 e. The fourth-order valence-corrected chi connectivity index (χ4v) is 4.78. The van der Waals surface area contributed by atoms with E-state index in [9.17, 15) is 13.2 Å². The second kappa shape index (κ2) is 8.23. The zero-order chi connectivity index (χ0) is 20.4. The Morgan fingerprint density at radius 3 is 2.69 bits per heavy atom. The van der Waals surface area contributed by atoms with Crippen LogP contribution in [-0.4, -0.2) is 47.3 Å². The number of aromatic nitrogens is 3. The lowest BCUT2D eigenvalue weighted by molar-refractivity contribution is 0.300. The number of H-pyrrole nitrogens is 1. The van der Waals surface area contributed by atoms with Crippen molar-refractivity contribution in [1.29, 1.82) is 0 Å². The smallest absolute Gasteiger partial charge is 0.283 e. The highest BCUT2D eigenvalue weighted by Crippen LogP contribution is 2.30. The van der Waals surface area contributed by atoms with E-state index in [1.54, 1.807) is 16.8 Å². The third kappa shape index (κ3) is 5.02. The van der Waals surface area contributed by atoms with Gasteiger partial charge in [0.05, 0.1) is 23.6 Å². The van der Waals surface area contributed by atoms with E-state index < -0.39 is 9.84 Å². The van der Waals surface area contributed by atoms with Gasteiger partial charge < -0.3 is 9.72 Å². The van der Waals surface area contributed by atoms with Crippen LogP contribution in [0.15, 0.2) is 46.5 Å². The number of nitrogens with zero attached hydrogens (tertiary/aromatic N) is 2. The second-order valence-corrected chi connectivity index (χ2v) is 10.7. The molecule has 0 aliphatic heterocycles. The Bertz CT molecular complexity index is 1160. The topological polar surface area (TPSA) is 94.0 Å². The van der Waals surface area contributed by atoms with Crippen molar-refractivity contribution in [2.24, 2.45) is 5.92 Å². The Morgan fingerprint density at radius 2 is 2.00 bits per heavy atom. The highest BCUT2D eigenvalue weighted by molar-refractivity contribution is 7.99. The van der Waals surface area contributed by atoms with Crippen molar-refractivity contribution in [3.05, 3.63) is 46.9 Å². The molecule has 1 aliphatic carbocycles. The molecule has 29 heavy (non-hydrogen) atoms. The molecule has 2 heterocycles. The van der Waals surface area contributed by atoms with E-state index in [2.05, 4.69) is 9.97 Å². The first-order valence-corrected chi connectivity index (χ1v) is 12.6. The number of fused-ring (bicyclic) bond motifs is 1. The van der Waals surface area contributed by atoms with E-state index in [0.29, 0.717) is 40.0 Å². The minimum absolute atomic E-state index is 0.115. The van der Waals surface area contributed by atoms with Crippen LogP contribution in [0, 0.1) is 5.92 Å². The van der Waals surface area contributed by atoms with Gasteiger partial charge in [-0.1, -0.05) is 11.8 Å². The zero-order valence-corrected chi connectivity index (χ0v) is 17.8. The third-order valence-electron chi connectivity index (χ3n) is 4.72. The van der Waals surface area contributed by atoms with Gasteiger partial charge in [-0.3, -0.25) is 9.36 Å². The van der Waals surface area contributed by atoms with Crippen LogP contribution in [0.4, 0.5) is 0 Å². The first kappa shape index (κ1) is 20.0. The molecule has 1 aliphatic rings. The molecule has 7 nitrogen and oxygen atoms in total. The van der Waals surface area contributed by atoms with Crippen LogP contribution < -0.4 is 10.3 Å². The maximum atomic E-state index is 13.1. The number of benzene rings is 1. The van der Waals surface area contributed by atoms with Crippen molar-refractivity contribution < 1.29 is 13.2 Å². The number of nitrogens with one attached hydrogen (secondary N) is 1. The SMILES string of the molecule is CS(=O)(=O)CCCSc1nc2cc[nH]c2c(=O)n1-c1ccc(OCC2CC2)cc1. The monoisotopic (exact) mass is 433 g/mol. The van der Waals surface area contributed by atoms with Crippen LogP contribution in [0.25, 0.3) is 16.7 Å². The predicted molar refractivity (Wildman–Crippen MR) is 115 cm³/mol. The number of rotatable bonds is 9. The van der Waals surface area contributed by atoms with Gasteiger partial charge in [-0.05, 0) is 55.5 Å². The lowest BCUT2D eigenvalue weighted by Gasteiger charge is -2.13. The zero-order valence-electron chi connectivity index (χ0n) is 16.1. The molecule has 154 valence electrons. The van der Waals surface area contributed by atoms with Crippen LogP contribution in [-0.2, 0) is 9.84 Å². The molecule has 1 fully saturated rings. The number of hydrogen-bond donors (Lipinski definition) is 1. The summed E-state index contributed by atoms with van der Waals surface area (Å²) in [7, 11) is -3.01. The molecular weight excluding hydrogens is 410 g/mol. The van der Waals surface area contributed by atoms with Crippen molar-refractivity contribution in [3.8, 4) is 11.4 Å². The molecule has 0 saturated heterocycles. The van der Waals surface area contributed by atoms with Crippen LogP contribution in [0.1, 0.15) is 19.3 Å². The first-order valence-electron chi connectivity index (χ1n) is 9.54. The van der Waals surface area contributed by atoms with E-state index in [1.165, 1.54) is 30.9 Å². The normalized spacial score (nSPS) is 14.4. The van der Waals surface area contributed by atoms with Gasteiger partial charge in [0.25, 0.3) is 5.56 Å². The molecule has 1 saturated carbocycles. The summed E-state index contributed by atoms with van der Waals surface area (Å²) in [4.78, 5) is 20.6. The fraction of sp³-hybridized carbons (Fsp3) is 0.400. The van der Waals surface area contributed by atoms with E-state index >= 15 is 0 Å². The van der Waals surface area contributed by atoms with Gasteiger partial charge in [0.1, 0.15) is 21.1 Å². The molecule has 0 spiro atoms. The first-order chi connectivity index (χ1) is 13.9. The van der Waals surface area contributed by atoms with Crippen LogP contribution >= 0.6 is 11.8 Å². The van der Waals surface area contributed by atoms with Gasteiger partial charge in [0, 0.05) is 18.2 Å². The lowest BCUT2D eigenvalue weighted by atomic mass is 10.3. The maximum absolute atomic E-state index is 13.1. The average Bonchev–Trinajstić information content (AvgIpc) is 3.39. The predicted octanol–water partition coefficient (Wildman–Crippen LogP) is 3.03. The van der Waals surface area contributed by atoms with Crippen molar-refractivity contribution in [1.82, 2.24) is 14.5 Å². The van der Waals surface area contributed by atoms with E-state index in [4.69, 9.17) is 4.74 Å². The molecule has 9 heteroatoms.